The number of tetrazole rings is 1. The largest absolute Gasteiger partial charge is 0.447 e. The molecule has 9 nitrogen and oxygen atoms in total. The molecule has 0 aliphatic rings. The van der Waals surface area contributed by atoms with Crippen LogP contribution in [0.1, 0.15) is 30.3 Å². The van der Waals surface area contributed by atoms with E-state index in [9.17, 15) is 9.59 Å². The Hall–Kier alpha value is -3.01. The summed E-state index contributed by atoms with van der Waals surface area (Å²) in [6.45, 7) is 2.40. The minimum Gasteiger partial charge on any atom is -0.447 e. The number of nitrogens with one attached hydrogen (secondary N) is 1. The molecule has 1 amide bonds. The lowest BCUT2D eigenvalue weighted by atomic mass is 10.1. The number of ketones is 1. The van der Waals surface area contributed by atoms with Crippen LogP contribution in [0.25, 0.3) is 0 Å². The Bertz CT molecular complexity index is 1070. The molecular formula is C23H25Cl2N5O4. The molecule has 3 aromatic rings. The summed E-state index contributed by atoms with van der Waals surface area (Å²) in [5, 5.41) is 15.1. The molecule has 0 radical (unpaired) electrons. The average Bonchev–Trinajstić information content (AvgIpc) is 3.26. The first-order valence-corrected chi connectivity index (χ1v) is 11.5. The van der Waals surface area contributed by atoms with Gasteiger partial charge in [-0.15, -0.1) is 5.10 Å². The van der Waals surface area contributed by atoms with Gasteiger partial charge in [-0.05, 0) is 40.1 Å². The lowest BCUT2D eigenvalue weighted by Crippen LogP contribution is -2.42. The summed E-state index contributed by atoms with van der Waals surface area (Å²) in [6.07, 6.45) is -0.0522. The predicted molar refractivity (Wildman–Crippen MR) is 127 cm³/mol. The van der Waals surface area contributed by atoms with E-state index in [0.29, 0.717) is 34.5 Å². The van der Waals surface area contributed by atoms with Crippen molar-refractivity contribution in [2.75, 3.05) is 13.2 Å². The molecule has 0 aliphatic heterocycles. The van der Waals surface area contributed by atoms with E-state index >= 15 is 0 Å². The highest BCUT2D eigenvalue weighted by Crippen LogP contribution is 2.26. The van der Waals surface area contributed by atoms with Crippen molar-refractivity contribution < 1.29 is 19.1 Å². The zero-order chi connectivity index (χ0) is 24.3. The molecule has 1 atom stereocenters. The van der Waals surface area contributed by atoms with E-state index in [1.807, 2.05) is 30.3 Å². The van der Waals surface area contributed by atoms with Crippen molar-refractivity contribution >= 4 is 35.1 Å². The lowest BCUT2D eigenvalue weighted by Gasteiger charge is -2.16. The third kappa shape index (κ3) is 7.51. The number of aromatic nitrogens is 4. The molecule has 1 heterocycles. The fourth-order valence-electron chi connectivity index (χ4n) is 3.14. The summed E-state index contributed by atoms with van der Waals surface area (Å²) in [5.74, 6) is 0.162. The number of hydrogen-bond donors (Lipinski definition) is 1. The lowest BCUT2D eigenvalue weighted by molar-refractivity contribution is -0.121. The Kier molecular flexibility index (Phi) is 9.81. The number of amides is 1. The molecular weight excluding hydrogens is 481 g/mol. The van der Waals surface area contributed by atoms with Crippen LogP contribution < -0.4 is 5.32 Å². The normalized spacial score (nSPS) is 11.7. The van der Waals surface area contributed by atoms with Gasteiger partial charge in [0.25, 0.3) is 0 Å². The molecule has 0 spiro atoms. The Balaban J connectivity index is 1.46. The van der Waals surface area contributed by atoms with E-state index in [4.69, 9.17) is 32.7 Å². The van der Waals surface area contributed by atoms with Crippen molar-refractivity contribution in [3.8, 4) is 0 Å². The van der Waals surface area contributed by atoms with E-state index in [1.165, 1.54) is 4.68 Å². The summed E-state index contributed by atoms with van der Waals surface area (Å²) < 4.78 is 12.0. The van der Waals surface area contributed by atoms with Crippen molar-refractivity contribution in [2.24, 2.45) is 0 Å². The molecule has 1 aromatic heterocycles. The van der Waals surface area contributed by atoms with E-state index in [-0.39, 0.29) is 32.0 Å². The maximum Gasteiger partial charge on any atom is 0.407 e. The van der Waals surface area contributed by atoms with Crippen LogP contribution in [0, 0.1) is 0 Å². The molecule has 180 valence electrons. The number of Topliss-reactive ketones (excluding diaryl/α,β-unsaturated/α-hetero) is 1. The van der Waals surface area contributed by atoms with Gasteiger partial charge in [0, 0.05) is 16.5 Å². The second-order valence-corrected chi connectivity index (χ2v) is 8.19. The molecule has 2 aromatic carbocycles. The third-order valence-corrected chi connectivity index (χ3v) is 5.68. The van der Waals surface area contributed by atoms with Crippen LogP contribution in [-0.2, 0) is 33.8 Å². The van der Waals surface area contributed by atoms with Gasteiger partial charge >= 0.3 is 6.09 Å². The van der Waals surface area contributed by atoms with Gasteiger partial charge in [-0.3, -0.25) is 4.79 Å². The van der Waals surface area contributed by atoms with Gasteiger partial charge < -0.3 is 14.8 Å². The van der Waals surface area contributed by atoms with Crippen LogP contribution in [-0.4, -0.2) is 51.3 Å². The van der Waals surface area contributed by atoms with Crippen LogP contribution in [0.3, 0.4) is 0 Å². The number of carbonyl (C=O) groups excluding carboxylic acids is 2. The second-order valence-electron chi connectivity index (χ2n) is 7.38. The van der Waals surface area contributed by atoms with E-state index < -0.39 is 12.1 Å². The second kappa shape index (κ2) is 13.0. The first-order chi connectivity index (χ1) is 16.5. The van der Waals surface area contributed by atoms with Crippen LogP contribution in [0.15, 0.2) is 48.5 Å². The minimum absolute atomic E-state index is 0.0685. The summed E-state index contributed by atoms with van der Waals surface area (Å²) in [6, 6.07) is 14.1. The van der Waals surface area contributed by atoms with Crippen molar-refractivity contribution in [2.45, 2.75) is 39.0 Å². The fraction of sp³-hybridized carbons (Fsp3) is 0.348. The predicted octanol–water partition coefficient (Wildman–Crippen LogP) is 3.86. The number of halogens is 2. The number of ether oxygens (including phenoxy) is 2. The molecule has 0 fully saturated rings. The first kappa shape index (κ1) is 25.6. The average molecular weight is 506 g/mol. The zero-order valence-corrected chi connectivity index (χ0v) is 20.1. The topological polar surface area (TPSA) is 108 Å². The first-order valence-electron chi connectivity index (χ1n) is 10.7. The maximum absolute atomic E-state index is 12.8. The van der Waals surface area contributed by atoms with Crippen LogP contribution >= 0.6 is 23.2 Å². The van der Waals surface area contributed by atoms with Crippen molar-refractivity contribution in [3.05, 3.63) is 75.5 Å². The number of carbonyl (C=O) groups is 2. The summed E-state index contributed by atoms with van der Waals surface area (Å²) in [4.78, 5) is 24.9. The monoisotopic (exact) mass is 505 g/mol. The smallest absolute Gasteiger partial charge is 0.407 e. The number of alkyl carbamates (subject to hydrolysis) is 1. The highest BCUT2D eigenvalue weighted by molar-refractivity contribution is 6.36. The number of benzene rings is 2. The molecule has 11 heteroatoms. The number of rotatable bonds is 12. The van der Waals surface area contributed by atoms with Crippen LogP contribution in [0.4, 0.5) is 4.79 Å². The number of nitrogens with zero attached hydrogens (tertiary/aromatic N) is 4. The molecule has 0 bridgehead atoms. The van der Waals surface area contributed by atoms with Gasteiger partial charge in [0.1, 0.15) is 13.2 Å². The zero-order valence-electron chi connectivity index (χ0n) is 18.6. The van der Waals surface area contributed by atoms with Gasteiger partial charge in [0.2, 0.25) is 0 Å². The maximum atomic E-state index is 12.8. The summed E-state index contributed by atoms with van der Waals surface area (Å²) in [7, 11) is 0. The van der Waals surface area contributed by atoms with E-state index in [2.05, 4.69) is 20.8 Å². The van der Waals surface area contributed by atoms with Crippen molar-refractivity contribution in [1.29, 1.82) is 0 Å². The molecule has 1 unspecified atom stereocenters. The van der Waals surface area contributed by atoms with Gasteiger partial charge in [-0.2, -0.15) is 0 Å². The summed E-state index contributed by atoms with van der Waals surface area (Å²) in [5.41, 5.74) is 1.69. The van der Waals surface area contributed by atoms with Crippen LogP contribution in [0.2, 0.25) is 10.0 Å². The van der Waals surface area contributed by atoms with E-state index in [1.54, 1.807) is 25.1 Å². The van der Waals surface area contributed by atoms with Gasteiger partial charge in [-0.25, -0.2) is 9.48 Å². The Morgan fingerprint density at radius 3 is 2.50 bits per heavy atom. The molecule has 0 saturated carbocycles. The minimum atomic E-state index is -0.751. The highest BCUT2D eigenvalue weighted by atomic mass is 35.5. The van der Waals surface area contributed by atoms with Crippen LogP contribution in [0.5, 0.6) is 0 Å². The quantitative estimate of drug-likeness (QED) is 0.372. The van der Waals surface area contributed by atoms with Gasteiger partial charge in [0.05, 0.1) is 19.3 Å². The van der Waals surface area contributed by atoms with E-state index in [0.717, 1.165) is 5.56 Å². The molecule has 1 N–H and O–H groups in total. The standard InChI is InChI=1S/C23H25Cl2N5O4/c1-2-20(26-23(32)34-12-11-33-15-16-7-4-3-5-8-16)21(31)14-30-22(27-28-29-30)13-17-18(24)9-6-10-19(17)25/h3-10,20H,2,11-15H2,1H3,(H,26,32). The highest BCUT2D eigenvalue weighted by Gasteiger charge is 2.22. The van der Waals surface area contributed by atoms with Crippen molar-refractivity contribution in [1.82, 2.24) is 25.5 Å². The number of hydrogen-bond acceptors (Lipinski definition) is 7. The van der Waals surface area contributed by atoms with Crippen molar-refractivity contribution in [3.63, 3.8) is 0 Å². The Morgan fingerprint density at radius 2 is 1.79 bits per heavy atom. The molecule has 0 aliphatic carbocycles. The SMILES string of the molecule is CCC(NC(=O)OCCOCc1ccccc1)C(=O)Cn1nnnc1Cc1c(Cl)cccc1Cl. The molecule has 3 rings (SSSR count). The Labute approximate surface area is 207 Å². The van der Waals surface area contributed by atoms with Gasteiger partial charge in [-0.1, -0.05) is 66.5 Å². The van der Waals surface area contributed by atoms with Gasteiger partial charge in [0.15, 0.2) is 11.6 Å². The fourth-order valence-corrected chi connectivity index (χ4v) is 3.67. The Morgan fingerprint density at radius 1 is 1.06 bits per heavy atom. The third-order valence-electron chi connectivity index (χ3n) is 4.97. The molecule has 0 saturated heterocycles. The molecule has 34 heavy (non-hydrogen) atoms. The summed E-state index contributed by atoms with van der Waals surface area (Å²) >= 11 is 12.5.